The SMILES string of the molecule is Cl.Cl.Cn1c(-c2ccc(C(=N)N)cc2)nc2cc(C(=O)NCCC(=O)OC3CCCCCCC3)ccc21. The number of nitrogen functional groups attached to an aromatic ring is 1. The van der Waals surface area contributed by atoms with Gasteiger partial charge in [0, 0.05) is 30.3 Å². The molecule has 1 fully saturated rings. The molecular weight excluding hydrogens is 513 g/mol. The number of amides is 1. The Balaban J connectivity index is 0.00000241. The van der Waals surface area contributed by atoms with Crippen LogP contribution < -0.4 is 11.1 Å². The summed E-state index contributed by atoms with van der Waals surface area (Å²) >= 11 is 0. The second kappa shape index (κ2) is 14.0. The molecule has 0 saturated heterocycles. The van der Waals surface area contributed by atoms with E-state index in [0.29, 0.717) is 16.6 Å². The van der Waals surface area contributed by atoms with Gasteiger partial charge in [-0.3, -0.25) is 15.0 Å². The van der Waals surface area contributed by atoms with Gasteiger partial charge in [0.1, 0.15) is 17.8 Å². The Morgan fingerprint density at radius 1 is 1.03 bits per heavy atom. The third kappa shape index (κ3) is 7.69. The fraction of sp³-hybridized carbons (Fsp3) is 0.407. The molecule has 1 heterocycles. The number of ether oxygens (including phenoxy) is 1. The molecule has 10 heteroatoms. The summed E-state index contributed by atoms with van der Waals surface area (Å²) in [6, 6.07) is 12.7. The third-order valence-electron chi connectivity index (χ3n) is 6.56. The molecule has 1 aliphatic carbocycles. The molecule has 0 bridgehead atoms. The Labute approximate surface area is 229 Å². The molecule has 37 heavy (non-hydrogen) atoms. The molecule has 4 N–H and O–H groups in total. The van der Waals surface area contributed by atoms with Crippen LogP contribution in [-0.2, 0) is 16.6 Å². The molecule has 1 amide bonds. The number of fused-ring (bicyclic) bond motifs is 1. The van der Waals surface area contributed by atoms with Crippen LogP contribution >= 0.6 is 24.8 Å². The molecular formula is C27H35Cl2N5O3. The summed E-state index contributed by atoms with van der Waals surface area (Å²) in [5.74, 6) is 0.273. The topological polar surface area (TPSA) is 123 Å². The van der Waals surface area contributed by atoms with E-state index in [-0.39, 0.29) is 61.6 Å². The molecule has 0 radical (unpaired) electrons. The highest BCUT2D eigenvalue weighted by Gasteiger charge is 2.17. The summed E-state index contributed by atoms with van der Waals surface area (Å²) in [6.45, 7) is 0.235. The zero-order valence-corrected chi connectivity index (χ0v) is 22.6. The smallest absolute Gasteiger partial charge is 0.307 e. The lowest BCUT2D eigenvalue weighted by Crippen LogP contribution is -2.28. The minimum Gasteiger partial charge on any atom is -0.462 e. The second-order valence-electron chi connectivity index (χ2n) is 9.15. The number of benzene rings is 2. The highest BCUT2D eigenvalue weighted by molar-refractivity contribution is 5.98. The number of hydrogen-bond donors (Lipinski definition) is 3. The summed E-state index contributed by atoms with van der Waals surface area (Å²) < 4.78 is 7.59. The van der Waals surface area contributed by atoms with Crippen molar-refractivity contribution >= 4 is 53.6 Å². The van der Waals surface area contributed by atoms with Gasteiger partial charge in [0.05, 0.1) is 17.5 Å². The molecule has 3 aromatic rings. The Kier molecular flexibility index (Phi) is 11.4. The monoisotopic (exact) mass is 547 g/mol. The van der Waals surface area contributed by atoms with E-state index in [9.17, 15) is 9.59 Å². The van der Waals surface area contributed by atoms with Crippen molar-refractivity contribution in [3.63, 3.8) is 0 Å². The maximum Gasteiger partial charge on any atom is 0.307 e. The van der Waals surface area contributed by atoms with E-state index < -0.39 is 0 Å². The Hall–Kier alpha value is -3.10. The van der Waals surface area contributed by atoms with Gasteiger partial charge in [-0.15, -0.1) is 24.8 Å². The van der Waals surface area contributed by atoms with Crippen molar-refractivity contribution in [1.29, 1.82) is 5.41 Å². The van der Waals surface area contributed by atoms with Crippen molar-refractivity contribution in [2.45, 2.75) is 57.5 Å². The fourth-order valence-electron chi connectivity index (χ4n) is 4.56. The normalized spacial score (nSPS) is 14.0. The zero-order chi connectivity index (χ0) is 24.8. The molecule has 200 valence electrons. The van der Waals surface area contributed by atoms with Crippen LogP contribution in [0.5, 0.6) is 0 Å². The number of esters is 1. The van der Waals surface area contributed by atoms with E-state index in [1.165, 1.54) is 19.3 Å². The van der Waals surface area contributed by atoms with Gasteiger partial charge in [0.2, 0.25) is 0 Å². The van der Waals surface area contributed by atoms with E-state index in [2.05, 4.69) is 5.32 Å². The first-order valence-electron chi connectivity index (χ1n) is 12.3. The highest BCUT2D eigenvalue weighted by atomic mass is 35.5. The number of aromatic nitrogens is 2. The van der Waals surface area contributed by atoms with E-state index in [1.807, 2.05) is 29.8 Å². The molecule has 1 saturated carbocycles. The highest BCUT2D eigenvalue weighted by Crippen LogP contribution is 2.25. The molecule has 0 aliphatic heterocycles. The number of aryl methyl sites for hydroxylation is 1. The molecule has 0 spiro atoms. The molecule has 1 aliphatic rings. The van der Waals surface area contributed by atoms with Crippen LogP contribution in [-0.4, -0.2) is 39.9 Å². The Bertz CT molecular complexity index is 1220. The molecule has 8 nitrogen and oxygen atoms in total. The third-order valence-corrected chi connectivity index (χ3v) is 6.56. The van der Waals surface area contributed by atoms with Crippen molar-refractivity contribution < 1.29 is 14.3 Å². The number of nitrogens with two attached hydrogens (primary N) is 1. The predicted molar refractivity (Wildman–Crippen MR) is 151 cm³/mol. The first-order chi connectivity index (χ1) is 16.9. The second-order valence-corrected chi connectivity index (χ2v) is 9.15. The van der Waals surface area contributed by atoms with E-state index in [1.54, 1.807) is 24.3 Å². The number of rotatable bonds is 7. The summed E-state index contributed by atoms with van der Waals surface area (Å²) in [4.78, 5) is 29.6. The predicted octanol–water partition coefficient (Wildman–Crippen LogP) is 5.14. The number of carbonyl (C=O) groups excluding carboxylic acids is 2. The lowest BCUT2D eigenvalue weighted by atomic mass is 9.98. The number of imidazole rings is 1. The number of carbonyl (C=O) groups is 2. The maximum absolute atomic E-state index is 12.7. The zero-order valence-electron chi connectivity index (χ0n) is 21.0. The summed E-state index contributed by atoms with van der Waals surface area (Å²) in [5, 5.41) is 10.4. The van der Waals surface area contributed by atoms with Crippen molar-refractivity contribution in [3.8, 4) is 11.4 Å². The minimum absolute atomic E-state index is 0. The lowest BCUT2D eigenvalue weighted by Gasteiger charge is -2.20. The van der Waals surface area contributed by atoms with Gasteiger partial charge >= 0.3 is 5.97 Å². The minimum atomic E-state index is -0.253. The van der Waals surface area contributed by atoms with Crippen molar-refractivity contribution in [1.82, 2.24) is 14.9 Å². The van der Waals surface area contributed by atoms with Crippen LogP contribution in [0, 0.1) is 5.41 Å². The molecule has 0 atom stereocenters. The molecule has 0 unspecified atom stereocenters. The van der Waals surface area contributed by atoms with Gasteiger partial charge in [-0.05, 0) is 43.9 Å². The number of halogens is 2. The lowest BCUT2D eigenvalue weighted by molar-refractivity contribution is -0.149. The summed E-state index contributed by atoms with van der Waals surface area (Å²) in [5.41, 5.74) is 9.18. The Morgan fingerprint density at radius 2 is 1.65 bits per heavy atom. The van der Waals surface area contributed by atoms with Crippen molar-refractivity contribution in [2.24, 2.45) is 12.8 Å². The van der Waals surface area contributed by atoms with E-state index >= 15 is 0 Å². The average Bonchev–Trinajstić information content (AvgIpc) is 3.16. The summed E-state index contributed by atoms with van der Waals surface area (Å²) in [6.07, 6.45) is 7.94. The molecule has 1 aromatic heterocycles. The van der Waals surface area contributed by atoms with E-state index in [4.69, 9.17) is 20.9 Å². The summed E-state index contributed by atoms with van der Waals surface area (Å²) in [7, 11) is 1.92. The average molecular weight is 549 g/mol. The Morgan fingerprint density at radius 3 is 2.30 bits per heavy atom. The van der Waals surface area contributed by atoms with Crippen LogP contribution in [0.3, 0.4) is 0 Å². The first-order valence-corrected chi connectivity index (χ1v) is 12.3. The van der Waals surface area contributed by atoms with Crippen molar-refractivity contribution in [3.05, 3.63) is 53.6 Å². The largest absolute Gasteiger partial charge is 0.462 e. The number of nitrogens with zero attached hydrogens (tertiary/aromatic N) is 2. The molecule has 4 rings (SSSR count). The first kappa shape index (κ1) is 30.1. The number of hydrogen-bond acceptors (Lipinski definition) is 5. The van der Waals surface area contributed by atoms with Gasteiger partial charge < -0.3 is 20.4 Å². The standard InChI is InChI=1S/C27H33N5O3.2ClH/c1-32-23-14-13-20(17-22(23)31-26(32)19-11-9-18(10-12-19)25(28)29)27(34)30-16-15-24(33)35-21-7-5-3-2-4-6-8-21;;/h9-14,17,21H,2-8,15-16H2,1H3,(H3,28,29)(H,30,34);2*1H. The quantitative estimate of drug-likeness (QED) is 0.214. The number of amidine groups is 1. The maximum atomic E-state index is 12.7. The van der Waals surface area contributed by atoms with Gasteiger partial charge in [-0.25, -0.2) is 4.98 Å². The van der Waals surface area contributed by atoms with Crippen LogP contribution in [0.2, 0.25) is 0 Å². The number of nitrogens with one attached hydrogen (secondary N) is 2. The molecule has 2 aromatic carbocycles. The van der Waals surface area contributed by atoms with Gasteiger partial charge in [0.15, 0.2) is 0 Å². The van der Waals surface area contributed by atoms with Gasteiger partial charge in [-0.2, -0.15) is 0 Å². The van der Waals surface area contributed by atoms with Crippen LogP contribution in [0.1, 0.15) is 67.3 Å². The van der Waals surface area contributed by atoms with Gasteiger partial charge in [-0.1, -0.05) is 43.5 Å². The van der Waals surface area contributed by atoms with Crippen LogP contribution in [0.15, 0.2) is 42.5 Å². The fourth-order valence-corrected chi connectivity index (χ4v) is 4.56. The van der Waals surface area contributed by atoms with Crippen molar-refractivity contribution in [2.75, 3.05) is 6.54 Å². The van der Waals surface area contributed by atoms with Crippen LogP contribution in [0.25, 0.3) is 22.4 Å². The van der Waals surface area contributed by atoms with Crippen LogP contribution in [0.4, 0.5) is 0 Å². The van der Waals surface area contributed by atoms with E-state index in [0.717, 1.165) is 42.6 Å². The van der Waals surface area contributed by atoms with Gasteiger partial charge in [0.25, 0.3) is 5.91 Å².